The first-order chi connectivity index (χ1) is 12.5. The Kier molecular flexibility index (Phi) is 5.48. The number of carbonyl (C=O) groups is 1. The number of hydrogen-bond donors (Lipinski definition) is 1. The van der Waals surface area contributed by atoms with Gasteiger partial charge in [0.05, 0.1) is 17.0 Å². The first-order valence-corrected chi connectivity index (χ1v) is 9.24. The monoisotopic (exact) mass is 370 g/mol. The third kappa shape index (κ3) is 4.58. The van der Waals surface area contributed by atoms with Gasteiger partial charge in [-0.25, -0.2) is 0 Å². The second-order valence-electron chi connectivity index (χ2n) is 5.75. The highest BCUT2D eigenvalue weighted by atomic mass is 32.2. The van der Waals surface area contributed by atoms with Crippen molar-refractivity contribution in [1.29, 1.82) is 0 Å². The minimum atomic E-state index is -1.55. The van der Waals surface area contributed by atoms with Crippen LogP contribution in [0.1, 0.15) is 5.56 Å². The number of aromatic nitrogens is 2. The van der Waals surface area contributed by atoms with Crippen molar-refractivity contribution in [3.63, 3.8) is 0 Å². The number of rotatable bonds is 7. The van der Waals surface area contributed by atoms with Gasteiger partial charge in [-0.1, -0.05) is 18.2 Å². The average Bonchev–Trinajstić information content (AvgIpc) is 3.06. The number of benzene rings is 2. The molecule has 7 heteroatoms. The topological polar surface area (TPSA) is 81.4 Å². The summed E-state index contributed by atoms with van der Waals surface area (Å²) in [5.74, 6) is -0.855. The van der Waals surface area contributed by atoms with Gasteiger partial charge in [-0.15, -0.1) is 0 Å². The highest BCUT2D eigenvalue weighted by Crippen LogP contribution is 2.21. The fourth-order valence-corrected chi connectivity index (χ4v) is 3.29. The van der Waals surface area contributed by atoms with Crippen LogP contribution in [0.4, 0.5) is 0 Å². The van der Waals surface area contributed by atoms with Crippen molar-refractivity contribution in [3.8, 4) is 16.9 Å². The molecule has 26 heavy (non-hydrogen) atoms. The highest BCUT2D eigenvalue weighted by molar-refractivity contribution is 7.85. The van der Waals surface area contributed by atoms with Gasteiger partial charge in [0.1, 0.15) is 18.1 Å². The summed E-state index contributed by atoms with van der Waals surface area (Å²) in [7, 11) is 0.332. The summed E-state index contributed by atoms with van der Waals surface area (Å²) in [6, 6.07) is 14.7. The molecule has 6 nitrogen and oxygen atoms in total. The maximum absolute atomic E-state index is 11.8. The summed E-state index contributed by atoms with van der Waals surface area (Å²) in [5.41, 5.74) is 3.13. The lowest BCUT2D eigenvalue weighted by Gasteiger charge is -2.08. The maximum Gasteiger partial charge on any atom is 0.316 e. The quantitative estimate of drug-likeness (QED) is 0.692. The Labute approximate surface area is 153 Å². The molecule has 1 unspecified atom stereocenters. The summed E-state index contributed by atoms with van der Waals surface area (Å²) < 4.78 is 19.3. The highest BCUT2D eigenvalue weighted by Gasteiger charge is 2.09. The van der Waals surface area contributed by atoms with Gasteiger partial charge in [0.2, 0.25) is 0 Å². The van der Waals surface area contributed by atoms with Crippen molar-refractivity contribution in [3.05, 3.63) is 66.5 Å². The zero-order valence-electron chi connectivity index (χ0n) is 14.2. The van der Waals surface area contributed by atoms with Crippen LogP contribution >= 0.6 is 0 Å². The van der Waals surface area contributed by atoms with Crippen LogP contribution in [-0.4, -0.2) is 30.8 Å². The van der Waals surface area contributed by atoms with E-state index in [-0.39, 0.29) is 0 Å². The van der Waals surface area contributed by atoms with Gasteiger partial charge < -0.3 is 9.84 Å². The minimum Gasteiger partial charge on any atom is -0.489 e. The zero-order chi connectivity index (χ0) is 18.5. The van der Waals surface area contributed by atoms with Crippen molar-refractivity contribution in [2.45, 2.75) is 11.5 Å². The fourth-order valence-electron chi connectivity index (χ4n) is 2.46. The second-order valence-corrected chi connectivity index (χ2v) is 7.20. The number of aliphatic carboxylic acids is 1. The van der Waals surface area contributed by atoms with Crippen LogP contribution in [0, 0.1) is 0 Å². The predicted molar refractivity (Wildman–Crippen MR) is 98.3 cm³/mol. The number of hydrogen-bond acceptors (Lipinski definition) is 4. The van der Waals surface area contributed by atoms with Gasteiger partial charge in [0.15, 0.2) is 0 Å². The third-order valence-corrected chi connectivity index (χ3v) is 5.02. The molecular weight excluding hydrogens is 352 g/mol. The predicted octanol–water partition coefficient (Wildman–Crippen LogP) is 2.86. The van der Waals surface area contributed by atoms with Crippen LogP contribution in [0.5, 0.6) is 5.75 Å². The van der Waals surface area contributed by atoms with E-state index < -0.39 is 22.5 Å². The standard InChI is InChI=1S/C19H18N2O4S/c1-21-11-16(10-20-21)15-4-2-3-14(9-15)12-25-17-5-7-18(8-6-17)26(24)13-19(22)23/h2-11H,12-13H2,1H3,(H,22,23). The van der Waals surface area contributed by atoms with E-state index in [9.17, 15) is 9.00 Å². The van der Waals surface area contributed by atoms with Gasteiger partial charge in [0, 0.05) is 23.7 Å². The van der Waals surface area contributed by atoms with E-state index in [1.54, 1.807) is 28.9 Å². The van der Waals surface area contributed by atoms with Crippen LogP contribution in [-0.2, 0) is 29.2 Å². The molecular formula is C19H18N2O4S. The van der Waals surface area contributed by atoms with E-state index in [0.717, 1.165) is 16.7 Å². The molecule has 1 N–H and O–H groups in total. The number of carboxylic acid groups (broad SMARTS) is 1. The first-order valence-electron chi connectivity index (χ1n) is 7.92. The molecule has 0 spiro atoms. The maximum atomic E-state index is 11.8. The van der Waals surface area contributed by atoms with Gasteiger partial charge in [-0.3, -0.25) is 13.7 Å². The summed E-state index contributed by atoms with van der Waals surface area (Å²) in [6.07, 6.45) is 3.77. The van der Waals surface area contributed by atoms with Gasteiger partial charge >= 0.3 is 5.97 Å². The Morgan fingerprint density at radius 1 is 1.19 bits per heavy atom. The lowest BCUT2D eigenvalue weighted by Crippen LogP contribution is -2.09. The van der Waals surface area contributed by atoms with Crippen molar-refractivity contribution in [2.24, 2.45) is 7.05 Å². The number of ether oxygens (including phenoxy) is 1. The van der Waals surface area contributed by atoms with E-state index in [1.165, 1.54) is 0 Å². The van der Waals surface area contributed by atoms with Crippen LogP contribution < -0.4 is 4.74 Å². The Balaban J connectivity index is 1.64. The molecule has 0 saturated carbocycles. The largest absolute Gasteiger partial charge is 0.489 e. The van der Waals surface area contributed by atoms with Gasteiger partial charge in [-0.2, -0.15) is 5.10 Å². The zero-order valence-corrected chi connectivity index (χ0v) is 15.0. The molecule has 1 heterocycles. The lowest BCUT2D eigenvalue weighted by molar-refractivity contribution is -0.133. The minimum absolute atomic E-state index is 0.395. The molecule has 0 aliphatic carbocycles. The summed E-state index contributed by atoms with van der Waals surface area (Å²) in [5, 5.41) is 12.9. The third-order valence-electron chi connectivity index (χ3n) is 3.71. The Morgan fingerprint density at radius 2 is 1.96 bits per heavy atom. The number of carboxylic acids is 1. The Morgan fingerprint density at radius 3 is 2.62 bits per heavy atom. The van der Waals surface area contributed by atoms with Crippen LogP contribution in [0.2, 0.25) is 0 Å². The molecule has 0 fully saturated rings. The molecule has 0 bridgehead atoms. The van der Waals surface area contributed by atoms with Crippen LogP contribution in [0.25, 0.3) is 11.1 Å². The molecule has 2 aromatic carbocycles. The van der Waals surface area contributed by atoms with E-state index in [4.69, 9.17) is 9.84 Å². The molecule has 3 aromatic rings. The summed E-state index contributed by atoms with van der Waals surface area (Å²) >= 11 is 0. The fraction of sp³-hybridized carbons (Fsp3) is 0.158. The normalized spacial score (nSPS) is 11.9. The molecule has 3 rings (SSSR count). The Bertz CT molecular complexity index is 935. The Hall–Kier alpha value is -2.93. The molecule has 0 radical (unpaired) electrons. The lowest BCUT2D eigenvalue weighted by atomic mass is 10.1. The van der Waals surface area contributed by atoms with E-state index in [2.05, 4.69) is 5.10 Å². The molecule has 0 saturated heterocycles. The number of aryl methyl sites for hydroxylation is 1. The molecule has 0 aliphatic heterocycles. The van der Waals surface area contributed by atoms with Gasteiger partial charge in [-0.05, 0) is 41.5 Å². The van der Waals surface area contributed by atoms with E-state index >= 15 is 0 Å². The van der Waals surface area contributed by atoms with Crippen molar-refractivity contribution in [1.82, 2.24) is 9.78 Å². The summed E-state index contributed by atoms with van der Waals surface area (Å²) in [4.78, 5) is 11.1. The van der Waals surface area contributed by atoms with E-state index in [1.807, 2.05) is 43.7 Å². The molecule has 0 aliphatic rings. The molecule has 0 amide bonds. The average molecular weight is 370 g/mol. The van der Waals surface area contributed by atoms with Crippen molar-refractivity contribution >= 4 is 16.8 Å². The first kappa shape index (κ1) is 17.9. The summed E-state index contributed by atoms with van der Waals surface area (Å²) in [6.45, 7) is 0.395. The number of nitrogens with zero attached hydrogens (tertiary/aromatic N) is 2. The molecule has 1 atom stereocenters. The smallest absolute Gasteiger partial charge is 0.316 e. The molecule has 1 aromatic heterocycles. The van der Waals surface area contributed by atoms with Crippen molar-refractivity contribution < 1.29 is 18.8 Å². The van der Waals surface area contributed by atoms with E-state index in [0.29, 0.717) is 17.3 Å². The second kappa shape index (κ2) is 7.97. The van der Waals surface area contributed by atoms with Gasteiger partial charge in [0.25, 0.3) is 0 Å². The van der Waals surface area contributed by atoms with Crippen LogP contribution in [0.3, 0.4) is 0 Å². The van der Waals surface area contributed by atoms with Crippen LogP contribution in [0.15, 0.2) is 65.8 Å². The van der Waals surface area contributed by atoms with Crippen molar-refractivity contribution in [2.75, 3.05) is 5.75 Å². The SMILES string of the molecule is Cn1cc(-c2cccc(COc3ccc(S(=O)CC(=O)O)cc3)c2)cn1. The molecule has 134 valence electrons.